The van der Waals surface area contributed by atoms with Gasteiger partial charge in [-0.3, -0.25) is 4.79 Å². The summed E-state index contributed by atoms with van der Waals surface area (Å²) in [5.41, 5.74) is 2.56. The fourth-order valence-corrected chi connectivity index (χ4v) is 3.25. The van der Waals surface area contributed by atoms with Crippen LogP contribution in [0.1, 0.15) is 24.8 Å². The normalized spacial score (nSPS) is 13.6. The summed E-state index contributed by atoms with van der Waals surface area (Å²) in [6.45, 7) is 1.78. The molecule has 26 heavy (non-hydrogen) atoms. The minimum Gasteiger partial charge on any atom is -0.370 e. The van der Waals surface area contributed by atoms with Crippen molar-refractivity contribution in [1.29, 1.82) is 10.5 Å². The lowest BCUT2D eigenvalue weighted by molar-refractivity contribution is 0.575. The monoisotopic (exact) mass is 345 g/mol. The SMILES string of the molecule is Cn1ncc(N2CCCCC2)c(-c2ccccc2C=C(C#N)C#N)c1=O. The van der Waals surface area contributed by atoms with Gasteiger partial charge < -0.3 is 4.90 Å². The molecule has 0 spiro atoms. The Labute approximate surface area is 152 Å². The molecule has 1 aromatic carbocycles. The van der Waals surface area contributed by atoms with Gasteiger partial charge in [-0.1, -0.05) is 24.3 Å². The second kappa shape index (κ2) is 7.67. The molecule has 130 valence electrons. The Morgan fingerprint density at radius 2 is 1.85 bits per heavy atom. The van der Waals surface area contributed by atoms with Gasteiger partial charge in [0.2, 0.25) is 0 Å². The number of piperidine rings is 1. The van der Waals surface area contributed by atoms with Gasteiger partial charge in [-0.05, 0) is 36.5 Å². The van der Waals surface area contributed by atoms with Crippen molar-refractivity contribution in [3.8, 4) is 23.3 Å². The third kappa shape index (κ3) is 3.36. The number of nitriles is 2. The molecule has 1 aliphatic heterocycles. The molecule has 0 saturated carbocycles. The molecule has 0 atom stereocenters. The summed E-state index contributed by atoms with van der Waals surface area (Å²) in [6.07, 6.45) is 6.62. The first kappa shape index (κ1) is 17.4. The molecule has 6 nitrogen and oxygen atoms in total. The van der Waals surface area contributed by atoms with E-state index in [0.717, 1.165) is 31.6 Å². The number of rotatable bonds is 3. The van der Waals surface area contributed by atoms with Crippen molar-refractivity contribution in [3.05, 3.63) is 52.0 Å². The van der Waals surface area contributed by atoms with Gasteiger partial charge >= 0.3 is 0 Å². The van der Waals surface area contributed by atoms with Crippen LogP contribution in [0.25, 0.3) is 17.2 Å². The lowest BCUT2D eigenvalue weighted by Gasteiger charge is -2.30. The summed E-state index contributed by atoms with van der Waals surface area (Å²) < 4.78 is 1.32. The molecule has 0 unspecified atom stereocenters. The van der Waals surface area contributed by atoms with Crippen molar-refractivity contribution in [3.63, 3.8) is 0 Å². The van der Waals surface area contributed by atoms with E-state index in [1.54, 1.807) is 13.2 Å². The maximum atomic E-state index is 12.9. The van der Waals surface area contributed by atoms with E-state index < -0.39 is 0 Å². The summed E-state index contributed by atoms with van der Waals surface area (Å²) in [5.74, 6) is 0. The van der Waals surface area contributed by atoms with Crippen LogP contribution in [-0.2, 0) is 7.05 Å². The first-order valence-electron chi connectivity index (χ1n) is 8.58. The molecule has 0 aliphatic carbocycles. The van der Waals surface area contributed by atoms with E-state index in [2.05, 4.69) is 10.00 Å². The van der Waals surface area contributed by atoms with Crippen LogP contribution in [0, 0.1) is 22.7 Å². The van der Waals surface area contributed by atoms with E-state index in [4.69, 9.17) is 10.5 Å². The summed E-state index contributed by atoms with van der Waals surface area (Å²) in [7, 11) is 1.63. The first-order chi connectivity index (χ1) is 12.7. The van der Waals surface area contributed by atoms with Crippen LogP contribution >= 0.6 is 0 Å². The van der Waals surface area contributed by atoms with Crippen LogP contribution in [0.3, 0.4) is 0 Å². The van der Waals surface area contributed by atoms with E-state index >= 15 is 0 Å². The molecule has 1 fully saturated rings. The highest BCUT2D eigenvalue weighted by molar-refractivity contribution is 5.84. The maximum absolute atomic E-state index is 12.9. The molecule has 3 rings (SSSR count). The molecule has 0 bridgehead atoms. The van der Waals surface area contributed by atoms with E-state index in [1.807, 2.05) is 36.4 Å². The van der Waals surface area contributed by atoms with Gasteiger partial charge in [0.1, 0.15) is 17.7 Å². The number of hydrogen-bond acceptors (Lipinski definition) is 5. The van der Waals surface area contributed by atoms with Gasteiger partial charge in [-0.2, -0.15) is 15.6 Å². The average Bonchev–Trinajstić information content (AvgIpc) is 2.69. The highest BCUT2D eigenvalue weighted by Gasteiger charge is 2.21. The van der Waals surface area contributed by atoms with Crippen molar-refractivity contribution in [2.75, 3.05) is 18.0 Å². The summed E-state index contributed by atoms with van der Waals surface area (Å²) >= 11 is 0. The Morgan fingerprint density at radius 3 is 2.54 bits per heavy atom. The van der Waals surface area contributed by atoms with Crippen molar-refractivity contribution >= 4 is 11.8 Å². The number of nitrogens with zero attached hydrogens (tertiary/aromatic N) is 5. The van der Waals surface area contributed by atoms with Crippen molar-refractivity contribution < 1.29 is 0 Å². The van der Waals surface area contributed by atoms with E-state index in [1.165, 1.54) is 17.2 Å². The molecule has 1 aromatic heterocycles. The zero-order chi connectivity index (χ0) is 18.5. The summed E-state index contributed by atoms with van der Waals surface area (Å²) in [5, 5.41) is 22.4. The van der Waals surface area contributed by atoms with Gasteiger partial charge in [0.05, 0.1) is 17.4 Å². The van der Waals surface area contributed by atoms with Crippen LogP contribution in [0.5, 0.6) is 0 Å². The highest BCUT2D eigenvalue weighted by atomic mass is 16.1. The Bertz CT molecular complexity index is 968. The summed E-state index contributed by atoms with van der Waals surface area (Å²) in [4.78, 5) is 15.1. The highest BCUT2D eigenvalue weighted by Crippen LogP contribution is 2.32. The number of aromatic nitrogens is 2. The minimum atomic E-state index is -0.190. The largest absolute Gasteiger partial charge is 0.370 e. The number of anilines is 1. The second-order valence-electron chi connectivity index (χ2n) is 6.25. The van der Waals surface area contributed by atoms with Gasteiger partial charge in [0, 0.05) is 20.1 Å². The smallest absolute Gasteiger partial charge is 0.276 e. The van der Waals surface area contributed by atoms with Gasteiger partial charge in [0.15, 0.2) is 0 Å². The third-order valence-corrected chi connectivity index (χ3v) is 4.58. The fraction of sp³-hybridized carbons (Fsp3) is 0.300. The number of hydrogen-bond donors (Lipinski definition) is 0. The number of aryl methyl sites for hydroxylation is 1. The Morgan fingerprint density at radius 1 is 1.15 bits per heavy atom. The lowest BCUT2D eigenvalue weighted by Crippen LogP contribution is -2.33. The fourth-order valence-electron chi connectivity index (χ4n) is 3.25. The Hall–Kier alpha value is -3.38. The van der Waals surface area contributed by atoms with E-state index in [9.17, 15) is 4.79 Å². The predicted octanol–water partition coefficient (Wildman–Crippen LogP) is 2.87. The molecule has 0 N–H and O–H groups in total. The maximum Gasteiger partial charge on any atom is 0.276 e. The van der Waals surface area contributed by atoms with Crippen LogP contribution < -0.4 is 10.5 Å². The number of benzene rings is 1. The molecular formula is C20H19N5O. The lowest BCUT2D eigenvalue weighted by atomic mass is 9.97. The molecule has 0 amide bonds. The zero-order valence-corrected chi connectivity index (χ0v) is 14.6. The van der Waals surface area contributed by atoms with Crippen molar-refractivity contribution in [1.82, 2.24) is 9.78 Å². The van der Waals surface area contributed by atoms with Gasteiger partial charge in [-0.25, -0.2) is 4.68 Å². The Kier molecular flexibility index (Phi) is 5.15. The van der Waals surface area contributed by atoms with Crippen LogP contribution in [0.4, 0.5) is 5.69 Å². The Balaban J connectivity index is 2.23. The quantitative estimate of drug-likeness (QED) is 0.799. The molecule has 2 heterocycles. The second-order valence-corrected chi connectivity index (χ2v) is 6.25. The van der Waals surface area contributed by atoms with Gasteiger partial charge in [0.25, 0.3) is 5.56 Å². The van der Waals surface area contributed by atoms with Gasteiger partial charge in [-0.15, -0.1) is 0 Å². The molecule has 1 saturated heterocycles. The molecule has 6 heteroatoms. The molecule has 0 radical (unpaired) electrons. The van der Waals surface area contributed by atoms with E-state index in [-0.39, 0.29) is 11.1 Å². The first-order valence-corrected chi connectivity index (χ1v) is 8.58. The van der Waals surface area contributed by atoms with Crippen LogP contribution in [0.2, 0.25) is 0 Å². The van der Waals surface area contributed by atoms with Crippen LogP contribution in [0.15, 0.2) is 40.8 Å². The average molecular weight is 345 g/mol. The van der Waals surface area contributed by atoms with Crippen molar-refractivity contribution in [2.24, 2.45) is 7.05 Å². The molecule has 2 aromatic rings. The predicted molar refractivity (Wildman–Crippen MR) is 100 cm³/mol. The van der Waals surface area contributed by atoms with Crippen molar-refractivity contribution in [2.45, 2.75) is 19.3 Å². The van der Waals surface area contributed by atoms with E-state index in [0.29, 0.717) is 16.7 Å². The third-order valence-electron chi connectivity index (χ3n) is 4.58. The topological polar surface area (TPSA) is 85.7 Å². The summed E-state index contributed by atoms with van der Waals surface area (Å²) in [6, 6.07) is 11.1. The standard InChI is InChI=1S/C20H19N5O/c1-24-20(26)19(18(14-23-24)25-9-5-2-6-10-25)17-8-4-3-7-16(17)11-15(12-21)13-22/h3-4,7-8,11,14H,2,5-6,9-10H2,1H3. The minimum absolute atomic E-state index is 0.00264. The number of allylic oxidation sites excluding steroid dienone is 1. The molecule has 1 aliphatic rings. The van der Waals surface area contributed by atoms with Crippen LogP contribution in [-0.4, -0.2) is 22.9 Å². The zero-order valence-electron chi connectivity index (χ0n) is 14.6. The molecular weight excluding hydrogens is 326 g/mol.